The van der Waals surface area contributed by atoms with Crippen LogP contribution in [0.1, 0.15) is 465 Å². The Bertz CT molecular complexity index is 2030. The van der Waals surface area contributed by atoms with Crippen molar-refractivity contribution in [3.8, 4) is 0 Å². The van der Waals surface area contributed by atoms with Crippen molar-refractivity contribution in [3.05, 3.63) is 0 Å². The average molecular weight is 1550 g/mol. The van der Waals surface area contributed by atoms with Gasteiger partial charge in [0.15, 0.2) is 12.2 Å². The first-order chi connectivity index (χ1) is 51.4. The van der Waals surface area contributed by atoms with Crippen LogP contribution in [0.15, 0.2) is 0 Å². The molecule has 0 aliphatic rings. The van der Waals surface area contributed by atoms with Crippen LogP contribution in [0.5, 0.6) is 0 Å². The van der Waals surface area contributed by atoms with Gasteiger partial charge in [0.1, 0.15) is 19.3 Å². The van der Waals surface area contributed by atoms with Crippen molar-refractivity contribution in [2.45, 2.75) is 484 Å². The van der Waals surface area contributed by atoms with E-state index in [0.717, 1.165) is 102 Å². The van der Waals surface area contributed by atoms with Crippen LogP contribution in [0, 0.1) is 11.8 Å². The predicted octanol–water partition coefficient (Wildman–Crippen LogP) is 26.6. The second-order valence-corrected chi connectivity index (χ2v) is 34.9. The minimum absolute atomic E-state index is 0.108. The highest BCUT2D eigenvalue weighted by Crippen LogP contribution is 2.45. The number of aliphatic hydroxyl groups excluding tert-OH is 1. The van der Waals surface area contributed by atoms with E-state index in [9.17, 15) is 43.2 Å². The van der Waals surface area contributed by atoms with Crippen LogP contribution in [0.25, 0.3) is 0 Å². The molecule has 0 aliphatic carbocycles. The van der Waals surface area contributed by atoms with Gasteiger partial charge in [0.25, 0.3) is 0 Å². The van der Waals surface area contributed by atoms with Gasteiger partial charge in [-0.3, -0.25) is 37.3 Å². The van der Waals surface area contributed by atoms with Crippen molar-refractivity contribution in [1.82, 2.24) is 0 Å². The maximum atomic E-state index is 13.1. The van der Waals surface area contributed by atoms with Crippen LogP contribution in [0.4, 0.5) is 0 Å². The Morgan fingerprint density at radius 1 is 0.274 bits per heavy atom. The molecule has 630 valence electrons. The molecule has 0 rings (SSSR count). The number of esters is 4. The highest BCUT2D eigenvalue weighted by Gasteiger charge is 2.30. The summed E-state index contributed by atoms with van der Waals surface area (Å²) in [5.41, 5.74) is 0. The van der Waals surface area contributed by atoms with Crippen LogP contribution >= 0.6 is 15.6 Å². The molecule has 0 heterocycles. The van der Waals surface area contributed by atoms with Gasteiger partial charge >= 0.3 is 39.5 Å². The van der Waals surface area contributed by atoms with Crippen molar-refractivity contribution in [2.75, 3.05) is 39.6 Å². The van der Waals surface area contributed by atoms with Gasteiger partial charge < -0.3 is 33.8 Å². The number of carbonyl (C=O) groups excluding carboxylic acids is 4. The maximum Gasteiger partial charge on any atom is 0.472 e. The maximum absolute atomic E-state index is 13.1. The number of hydrogen-bond acceptors (Lipinski definition) is 15. The number of phosphoric ester groups is 2. The van der Waals surface area contributed by atoms with Crippen molar-refractivity contribution >= 4 is 39.5 Å². The highest BCUT2D eigenvalue weighted by molar-refractivity contribution is 7.47. The summed E-state index contributed by atoms with van der Waals surface area (Å²) in [6.45, 7) is 9.74. The molecule has 106 heavy (non-hydrogen) atoms. The summed E-state index contributed by atoms with van der Waals surface area (Å²) in [5, 5.41) is 10.7. The van der Waals surface area contributed by atoms with E-state index in [0.29, 0.717) is 25.7 Å². The fourth-order valence-electron chi connectivity index (χ4n) is 13.6. The van der Waals surface area contributed by atoms with Crippen molar-refractivity contribution < 1.29 is 80.2 Å². The minimum Gasteiger partial charge on any atom is -0.462 e. The second-order valence-electron chi connectivity index (χ2n) is 32.0. The Hall–Kier alpha value is -1.94. The monoisotopic (exact) mass is 1550 g/mol. The molecule has 0 bridgehead atoms. The fraction of sp³-hybridized carbons (Fsp3) is 0.954. The first kappa shape index (κ1) is 104. The van der Waals surface area contributed by atoms with E-state index in [1.807, 2.05) is 0 Å². The predicted molar refractivity (Wildman–Crippen MR) is 437 cm³/mol. The van der Waals surface area contributed by atoms with Gasteiger partial charge in [0.05, 0.1) is 26.4 Å². The normalized spacial score (nSPS) is 14.1. The lowest BCUT2D eigenvalue weighted by molar-refractivity contribution is -0.161. The summed E-state index contributed by atoms with van der Waals surface area (Å²) in [7, 11) is -9.93. The first-order valence-electron chi connectivity index (χ1n) is 45.0. The fourth-order valence-corrected chi connectivity index (χ4v) is 15.1. The summed E-state index contributed by atoms with van der Waals surface area (Å²) in [6.07, 6.45) is 70.8. The molecule has 3 N–H and O–H groups in total. The topological polar surface area (TPSA) is 237 Å². The number of ether oxygens (including phenoxy) is 4. The zero-order valence-corrected chi connectivity index (χ0v) is 71.5. The van der Waals surface area contributed by atoms with Crippen molar-refractivity contribution in [3.63, 3.8) is 0 Å². The van der Waals surface area contributed by atoms with E-state index in [-0.39, 0.29) is 25.7 Å². The molecule has 0 aliphatic heterocycles. The Morgan fingerprint density at radius 2 is 0.481 bits per heavy atom. The lowest BCUT2D eigenvalue weighted by atomic mass is 9.99. The van der Waals surface area contributed by atoms with E-state index in [1.54, 1.807) is 0 Å². The number of phosphoric acid groups is 2. The van der Waals surface area contributed by atoms with Crippen LogP contribution in [-0.4, -0.2) is 96.7 Å². The lowest BCUT2D eigenvalue weighted by Gasteiger charge is -2.21. The summed E-state index contributed by atoms with van der Waals surface area (Å²) in [6, 6.07) is 0. The van der Waals surface area contributed by atoms with Crippen molar-refractivity contribution in [2.24, 2.45) is 11.8 Å². The van der Waals surface area contributed by atoms with Gasteiger partial charge in [-0.2, -0.15) is 0 Å². The molecule has 6 atom stereocenters. The highest BCUT2D eigenvalue weighted by atomic mass is 31.2. The number of carbonyl (C=O) groups is 4. The Kier molecular flexibility index (Phi) is 76.9. The quantitative estimate of drug-likeness (QED) is 0.0222. The van der Waals surface area contributed by atoms with Crippen LogP contribution in [0.3, 0.4) is 0 Å². The average Bonchev–Trinajstić information content (AvgIpc) is 0.901. The van der Waals surface area contributed by atoms with Gasteiger partial charge in [-0.25, -0.2) is 9.13 Å². The van der Waals surface area contributed by atoms with E-state index in [1.165, 1.54) is 283 Å². The minimum atomic E-state index is -4.97. The summed E-state index contributed by atoms with van der Waals surface area (Å²) in [5.74, 6) is -0.450. The van der Waals surface area contributed by atoms with E-state index >= 15 is 0 Å². The molecule has 3 unspecified atom stereocenters. The second kappa shape index (κ2) is 78.3. The molecule has 0 saturated carbocycles. The Labute approximate surface area is 651 Å². The van der Waals surface area contributed by atoms with E-state index < -0.39 is 97.5 Å². The standard InChI is InChI=1S/C87H170O17P2/c1-7-10-12-14-16-18-19-20-21-22-23-24-25-26-29-36-41-47-53-59-65-71-87(92)104-83(76-98-85(90)70-64-58-52-46-40-35-30-27-28-33-38-44-49-55-61-67-79(4)5)78-102-106(95,96)100-74-81(88)73-99-105(93,94)101-77-82(75-97-84(89)69-63-57-51-43-17-15-13-11-8-2)103-86(91)72-66-60-54-48-42-37-32-31-34-39-45-50-56-62-68-80(6)9-3/h79-83,88H,7-78H2,1-6H3,(H,93,94)(H,95,96)/t80?,81-,82+,83+/m0/s1. The molecule has 19 heteroatoms. The zero-order chi connectivity index (χ0) is 77.8. The van der Waals surface area contributed by atoms with Gasteiger partial charge in [-0.05, 0) is 37.5 Å². The molecule has 0 spiro atoms. The molecule has 17 nitrogen and oxygen atoms in total. The van der Waals surface area contributed by atoms with Gasteiger partial charge in [-0.15, -0.1) is 0 Å². The number of rotatable bonds is 86. The molecular weight excluding hydrogens is 1380 g/mol. The molecule has 0 saturated heterocycles. The molecular formula is C87H170O17P2. The third kappa shape index (κ3) is 78.7. The number of unbranched alkanes of at least 4 members (excludes halogenated alkanes) is 55. The lowest BCUT2D eigenvalue weighted by Crippen LogP contribution is -2.30. The molecule has 0 radical (unpaired) electrons. The Morgan fingerprint density at radius 3 is 0.717 bits per heavy atom. The molecule has 0 aromatic heterocycles. The van der Waals surface area contributed by atoms with Crippen LogP contribution < -0.4 is 0 Å². The SMILES string of the molecule is CCCCCCCCCCCCCCCCCCCCCCCC(=O)O[C@H](COC(=O)CCCCCCCCCCCCCCCCCC(C)C)COP(=O)(O)OC[C@@H](O)COP(=O)(O)OC[C@@H](COC(=O)CCCCCCCCCCC)OC(=O)CCCCCCCCCCCCCCCCC(C)CC. The van der Waals surface area contributed by atoms with Gasteiger partial charge in [0, 0.05) is 25.7 Å². The van der Waals surface area contributed by atoms with Crippen LogP contribution in [-0.2, 0) is 65.4 Å². The third-order valence-corrected chi connectivity index (χ3v) is 22.7. The smallest absolute Gasteiger partial charge is 0.462 e. The van der Waals surface area contributed by atoms with Gasteiger partial charge in [0.2, 0.25) is 0 Å². The Balaban J connectivity index is 5.21. The van der Waals surface area contributed by atoms with Gasteiger partial charge in [-0.1, -0.05) is 414 Å². The molecule has 0 aromatic rings. The van der Waals surface area contributed by atoms with E-state index in [4.69, 9.17) is 37.0 Å². The molecule has 0 amide bonds. The van der Waals surface area contributed by atoms with Crippen molar-refractivity contribution in [1.29, 1.82) is 0 Å². The number of hydrogen-bond donors (Lipinski definition) is 3. The summed E-state index contributed by atoms with van der Waals surface area (Å²) in [4.78, 5) is 73.2. The zero-order valence-electron chi connectivity index (χ0n) is 69.7. The molecule has 0 aromatic carbocycles. The molecule has 0 fully saturated rings. The van der Waals surface area contributed by atoms with E-state index in [2.05, 4.69) is 41.5 Å². The largest absolute Gasteiger partial charge is 0.472 e. The summed E-state index contributed by atoms with van der Waals surface area (Å²) >= 11 is 0. The number of aliphatic hydroxyl groups is 1. The first-order valence-corrected chi connectivity index (χ1v) is 48.0. The summed E-state index contributed by atoms with van der Waals surface area (Å²) < 4.78 is 68.9. The van der Waals surface area contributed by atoms with Crippen LogP contribution in [0.2, 0.25) is 0 Å². The third-order valence-electron chi connectivity index (χ3n) is 20.8.